The predicted molar refractivity (Wildman–Crippen MR) is 146 cm³/mol. The number of ketones is 1. The Morgan fingerprint density at radius 1 is 1.03 bits per heavy atom. The summed E-state index contributed by atoms with van der Waals surface area (Å²) in [7, 11) is 2.10. The Morgan fingerprint density at radius 3 is 2.68 bits per heavy atom. The number of anilines is 1. The van der Waals surface area contributed by atoms with Crippen molar-refractivity contribution < 1.29 is 4.79 Å². The summed E-state index contributed by atoms with van der Waals surface area (Å²) in [6.45, 7) is 8.12. The van der Waals surface area contributed by atoms with E-state index in [1.807, 2.05) is 24.3 Å². The predicted octanol–water partition coefficient (Wildman–Crippen LogP) is 4.84. The average Bonchev–Trinajstić information content (AvgIpc) is 2.88. The fraction of sp³-hybridized carbons (Fsp3) is 0.310. The number of likely N-dealkylation sites (N-methyl/N-ethyl adjacent to an activating group) is 1. The van der Waals surface area contributed by atoms with E-state index in [0.29, 0.717) is 17.2 Å². The van der Waals surface area contributed by atoms with Crippen LogP contribution < -0.4 is 5.32 Å². The molecular formula is C29H31N7O. The van der Waals surface area contributed by atoms with E-state index in [1.54, 1.807) is 30.9 Å². The quantitative estimate of drug-likeness (QED) is 0.381. The number of carbonyl (C=O) groups excluding carboxylic acids is 1. The van der Waals surface area contributed by atoms with E-state index >= 15 is 0 Å². The van der Waals surface area contributed by atoms with Crippen molar-refractivity contribution in [2.24, 2.45) is 0 Å². The monoisotopic (exact) mass is 493 g/mol. The Labute approximate surface area is 216 Å². The van der Waals surface area contributed by atoms with Gasteiger partial charge >= 0.3 is 0 Å². The molecule has 3 aromatic heterocycles. The van der Waals surface area contributed by atoms with Gasteiger partial charge in [0.05, 0.1) is 35.7 Å². The molecule has 1 N–H and O–H groups in total. The molecule has 0 saturated heterocycles. The number of fused-ring (bicyclic) bond motifs is 1. The van der Waals surface area contributed by atoms with Crippen LogP contribution in [0.5, 0.6) is 0 Å². The first-order chi connectivity index (χ1) is 17.7. The van der Waals surface area contributed by atoms with Crippen molar-refractivity contribution in [1.29, 1.82) is 0 Å². The van der Waals surface area contributed by atoms with Gasteiger partial charge in [0.1, 0.15) is 11.6 Å². The van der Waals surface area contributed by atoms with Gasteiger partial charge in [-0.05, 0) is 58.0 Å². The van der Waals surface area contributed by atoms with Gasteiger partial charge in [-0.15, -0.1) is 0 Å². The van der Waals surface area contributed by atoms with Crippen LogP contribution in [0.2, 0.25) is 0 Å². The van der Waals surface area contributed by atoms with E-state index < -0.39 is 0 Å². The number of rotatable bonds is 6. The molecule has 8 heteroatoms. The molecule has 0 radical (unpaired) electrons. The lowest BCUT2D eigenvalue weighted by atomic mass is 10.0. The van der Waals surface area contributed by atoms with Gasteiger partial charge in [0, 0.05) is 47.5 Å². The van der Waals surface area contributed by atoms with Gasteiger partial charge in [-0.3, -0.25) is 14.8 Å². The maximum absolute atomic E-state index is 13.1. The van der Waals surface area contributed by atoms with Crippen LogP contribution in [0.4, 0.5) is 5.82 Å². The molecule has 1 aliphatic heterocycles. The van der Waals surface area contributed by atoms with Crippen molar-refractivity contribution in [3.8, 4) is 11.3 Å². The lowest BCUT2D eigenvalue weighted by Crippen LogP contribution is -2.26. The van der Waals surface area contributed by atoms with Crippen molar-refractivity contribution in [3.63, 3.8) is 0 Å². The number of nitrogens with one attached hydrogen (secondary N) is 1. The minimum Gasteiger partial charge on any atom is -0.364 e. The highest BCUT2D eigenvalue weighted by Crippen LogP contribution is 2.24. The molecule has 0 atom stereocenters. The van der Waals surface area contributed by atoms with Gasteiger partial charge < -0.3 is 10.2 Å². The van der Waals surface area contributed by atoms with E-state index in [1.165, 1.54) is 5.57 Å². The molecule has 0 spiro atoms. The average molecular weight is 494 g/mol. The normalized spacial score (nSPS) is 14.4. The Kier molecular flexibility index (Phi) is 6.76. The van der Waals surface area contributed by atoms with Crippen LogP contribution in [0.15, 0.2) is 61.2 Å². The van der Waals surface area contributed by atoms with Gasteiger partial charge in [0.15, 0.2) is 5.78 Å². The molecule has 0 fully saturated rings. The summed E-state index contributed by atoms with van der Waals surface area (Å²) < 4.78 is 0. The maximum atomic E-state index is 13.1. The Morgan fingerprint density at radius 2 is 1.89 bits per heavy atom. The Hall–Kier alpha value is -4.04. The number of benzene rings is 1. The minimum absolute atomic E-state index is 0.0282. The van der Waals surface area contributed by atoms with Gasteiger partial charge in [-0.2, -0.15) is 0 Å². The molecular weight excluding hydrogens is 462 g/mol. The summed E-state index contributed by atoms with van der Waals surface area (Å²) in [5, 5.41) is 4.25. The van der Waals surface area contributed by atoms with Crippen molar-refractivity contribution in [2.45, 2.75) is 39.2 Å². The zero-order chi connectivity index (χ0) is 26.0. The second kappa shape index (κ2) is 10.1. The third-order valence-electron chi connectivity index (χ3n) is 6.21. The smallest absolute Gasteiger partial charge is 0.170 e. The maximum Gasteiger partial charge on any atom is 0.170 e. The number of hydrogen-bond acceptors (Lipinski definition) is 8. The lowest BCUT2D eigenvalue weighted by molar-refractivity contribution is 0.0990. The molecule has 0 unspecified atom stereocenters. The zero-order valence-corrected chi connectivity index (χ0v) is 21.7. The Bertz CT molecular complexity index is 1490. The SMILES string of the molecule is CN1CC=C(c2cc(C(=O)Cc3ncc4ccc(-c5cncc(NC(C)(C)C)n5)cc4n3)ccn2)CC1. The number of Topliss-reactive ketones (excluding diaryl/α,β-unsaturated/α-hetero) is 1. The molecule has 0 bridgehead atoms. The first-order valence-corrected chi connectivity index (χ1v) is 12.5. The molecule has 5 rings (SSSR count). The molecule has 0 saturated carbocycles. The van der Waals surface area contributed by atoms with Crippen LogP contribution in [0.1, 0.15) is 49.1 Å². The van der Waals surface area contributed by atoms with E-state index in [0.717, 1.165) is 47.4 Å². The first-order valence-electron chi connectivity index (χ1n) is 12.5. The molecule has 0 aliphatic carbocycles. The van der Waals surface area contributed by atoms with Crippen LogP contribution in [-0.2, 0) is 6.42 Å². The highest BCUT2D eigenvalue weighted by atomic mass is 16.1. The molecule has 4 heterocycles. The Balaban J connectivity index is 1.37. The van der Waals surface area contributed by atoms with E-state index in [4.69, 9.17) is 9.97 Å². The van der Waals surface area contributed by atoms with Crippen LogP contribution in [0.3, 0.4) is 0 Å². The number of pyridine rings is 1. The molecule has 4 aromatic rings. The summed E-state index contributed by atoms with van der Waals surface area (Å²) in [6.07, 6.45) is 10.2. The van der Waals surface area contributed by atoms with E-state index in [9.17, 15) is 4.79 Å². The van der Waals surface area contributed by atoms with Crippen LogP contribution in [0.25, 0.3) is 27.7 Å². The molecule has 1 aromatic carbocycles. The van der Waals surface area contributed by atoms with Crippen LogP contribution in [-0.4, -0.2) is 61.3 Å². The fourth-order valence-electron chi connectivity index (χ4n) is 4.28. The van der Waals surface area contributed by atoms with E-state index in [2.05, 4.69) is 59.1 Å². The molecule has 8 nitrogen and oxygen atoms in total. The standard InChI is InChI=1S/C29H31N7O/c1-29(2,3)35-28-18-30-17-25(34-28)20-5-6-22-16-32-27(33-24(22)13-20)15-26(37)21-7-10-31-23(14-21)19-8-11-36(4)12-9-19/h5-8,10,13-14,16-18H,9,11-12,15H2,1-4H3,(H,34,35). The largest absolute Gasteiger partial charge is 0.364 e. The topological polar surface area (TPSA) is 96.8 Å². The summed E-state index contributed by atoms with van der Waals surface area (Å²) in [4.78, 5) is 38.1. The number of hydrogen-bond donors (Lipinski definition) is 1. The summed E-state index contributed by atoms with van der Waals surface area (Å²) in [6, 6.07) is 9.56. The van der Waals surface area contributed by atoms with Gasteiger partial charge in [-0.1, -0.05) is 18.2 Å². The highest BCUT2D eigenvalue weighted by molar-refractivity contribution is 5.98. The highest BCUT2D eigenvalue weighted by Gasteiger charge is 2.16. The number of carbonyl (C=O) groups is 1. The summed E-state index contributed by atoms with van der Waals surface area (Å²) in [5.41, 5.74) is 4.97. The van der Waals surface area contributed by atoms with E-state index in [-0.39, 0.29) is 17.7 Å². The zero-order valence-electron chi connectivity index (χ0n) is 21.7. The molecule has 1 aliphatic rings. The second-order valence-corrected chi connectivity index (χ2v) is 10.5. The lowest BCUT2D eigenvalue weighted by Gasteiger charge is -2.21. The third kappa shape index (κ3) is 6.03. The van der Waals surface area contributed by atoms with Gasteiger partial charge in [-0.25, -0.2) is 15.0 Å². The van der Waals surface area contributed by atoms with Crippen molar-refractivity contribution in [2.75, 3.05) is 25.5 Å². The second-order valence-electron chi connectivity index (χ2n) is 10.5. The molecule has 37 heavy (non-hydrogen) atoms. The van der Waals surface area contributed by atoms with Crippen molar-refractivity contribution >= 4 is 28.1 Å². The van der Waals surface area contributed by atoms with Gasteiger partial charge in [0.25, 0.3) is 0 Å². The molecule has 0 amide bonds. The summed E-state index contributed by atoms with van der Waals surface area (Å²) >= 11 is 0. The van der Waals surface area contributed by atoms with Gasteiger partial charge in [0.2, 0.25) is 0 Å². The molecule has 188 valence electrons. The van der Waals surface area contributed by atoms with Crippen molar-refractivity contribution in [1.82, 2.24) is 29.8 Å². The summed E-state index contributed by atoms with van der Waals surface area (Å²) in [5.74, 6) is 1.17. The number of aromatic nitrogens is 5. The minimum atomic E-state index is -0.120. The first kappa shape index (κ1) is 24.6. The third-order valence-corrected chi connectivity index (χ3v) is 6.21. The number of nitrogens with zero attached hydrogens (tertiary/aromatic N) is 6. The van der Waals surface area contributed by atoms with Crippen molar-refractivity contribution in [3.05, 3.63) is 78.3 Å². The fourth-order valence-corrected chi connectivity index (χ4v) is 4.28. The van der Waals surface area contributed by atoms with Crippen LogP contribution >= 0.6 is 0 Å². The van der Waals surface area contributed by atoms with Crippen LogP contribution in [0, 0.1) is 0 Å².